The molecule has 80 valence electrons. The van der Waals surface area contributed by atoms with Gasteiger partial charge in [0, 0.05) is 10.8 Å². The third-order valence-electron chi connectivity index (χ3n) is 3.57. The lowest BCUT2D eigenvalue weighted by molar-refractivity contribution is 0.668. The molecule has 2 saturated carbocycles. The Morgan fingerprint density at radius 1 is 0.643 bits per heavy atom. The van der Waals surface area contributed by atoms with E-state index >= 15 is 0 Å². The van der Waals surface area contributed by atoms with Crippen molar-refractivity contribution in [1.29, 1.82) is 0 Å². The molecule has 0 amide bonds. The van der Waals surface area contributed by atoms with Crippen LogP contribution >= 0.6 is 63.7 Å². The lowest BCUT2D eigenvalue weighted by Crippen LogP contribution is -1.94. The van der Waals surface area contributed by atoms with Crippen LogP contribution in [0.4, 0.5) is 0 Å². The molecule has 2 rings (SSSR count). The fourth-order valence-corrected chi connectivity index (χ4v) is 5.24. The summed E-state index contributed by atoms with van der Waals surface area (Å²) in [6.45, 7) is 9.01. The third kappa shape index (κ3) is 1.15. The van der Waals surface area contributed by atoms with Crippen LogP contribution in [0.25, 0.3) is 0 Å². The molecule has 0 aromatic carbocycles. The molecule has 0 bridgehead atoms. The molecule has 0 radical (unpaired) electrons. The number of allylic oxidation sites excluding steroid dienone is 2. The Bertz CT molecular complexity index is 281. The molecule has 4 heteroatoms. The van der Waals surface area contributed by atoms with Crippen molar-refractivity contribution in [3.05, 3.63) is 11.1 Å². The van der Waals surface area contributed by atoms with Crippen LogP contribution in [0.5, 0.6) is 0 Å². The van der Waals surface area contributed by atoms with Crippen LogP contribution in [0.3, 0.4) is 0 Å². The molecule has 0 aromatic heterocycles. The molecule has 0 saturated heterocycles. The molecule has 0 aromatic rings. The minimum Gasteiger partial charge on any atom is -0.0668 e. The first kappa shape index (κ1) is 12.1. The summed E-state index contributed by atoms with van der Waals surface area (Å²) >= 11 is 14.9. The normalized spacial score (nSPS) is 39.4. The lowest BCUT2D eigenvalue weighted by atomic mass is 10.1. The Hall–Kier alpha value is 1.66. The van der Waals surface area contributed by atoms with Gasteiger partial charge in [-0.15, -0.1) is 0 Å². The summed E-state index contributed by atoms with van der Waals surface area (Å²) in [5.41, 5.74) is 3.37. The quantitative estimate of drug-likeness (QED) is 0.345. The van der Waals surface area contributed by atoms with Gasteiger partial charge in [-0.3, -0.25) is 0 Å². The van der Waals surface area contributed by atoms with Crippen molar-refractivity contribution in [3.63, 3.8) is 0 Å². The van der Waals surface area contributed by atoms with Crippen molar-refractivity contribution in [2.24, 2.45) is 10.8 Å². The van der Waals surface area contributed by atoms with Gasteiger partial charge in [0.25, 0.3) is 0 Å². The van der Waals surface area contributed by atoms with Crippen LogP contribution in [0.15, 0.2) is 11.1 Å². The first-order valence-corrected chi connectivity index (χ1v) is 7.68. The van der Waals surface area contributed by atoms with E-state index in [1.54, 1.807) is 0 Å². The molecular weight excluding hydrogens is 440 g/mol. The van der Waals surface area contributed by atoms with Gasteiger partial charge in [0.1, 0.15) is 6.47 Å². The van der Waals surface area contributed by atoms with Crippen LogP contribution in [-0.4, -0.2) is 6.47 Å². The first-order valence-electron chi connectivity index (χ1n) is 4.51. The van der Waals surface area contributed by atoms with Gasteiger partial charge in [-0.25, -0.2) is 0 Å². The average molecular weight is 452 g/mol. The monoisotopic (exact) mass is 448 g/mol. The summed E-state index contributed by atoms with van der Waals surface area (Å²) < 4.78 is 0.00574. The third-order valence-corrected chi connectivity index (χ3v) is 9.12. The molecule has 0 nitrogen and oxygen atoms in total. The summed E-state index contributed by atoms with van der Waals surface area (Å²) in [5, 5.41) is 0. The van der Waals surface area contributed by atoms with Gasteiger partial charge in [-0.2, -0.15) is 0 Å². The Morgan fingerprint density at radius 2 is 0.786 bits per heavy atom. The fraction of sp³-hybridized carbons (Fsp3) is 0.800. The van der Waals surface area contributed by atoms with E-state index in [1.807, 2.05) is 0 Å². The Morgan fingerprint density at radius 3 is 0.857 bits per heavy atom. The molecule has 0 atom stereocenters. The highest BCUT2D eigenvalue weighted by molar-refractivity contribution is 9.26. The number of hydrogen-bond donors (Lipinski definition) is 0. The van der Waals surface area contributed by atoms with E-state index in [4.69, 9.17) is 0 Å². The van der Waals surface area contributed by atoms with Gasteiger partial charge in [-0.05, 0) is 11.1 Å². The standard InChI is InChI=1S/C10H12Br4/c1-7(2)5(9(7,11)12)6-8(3,4)10(6,13)14/h1-4H3/b6-5+. The van der Waals surface area contributed by atoms with Crippen molar-refractivity contribution in [2.45, 2.75) is 34.2 Å². The number of halogens is 4. The minimum atomic E-state index is 0.00287. The smallest absolute Gasteiger partial charge is 0.0668 e. The second-order valence-electron chi connectivity index (χ2n) is 5.15. The van der Waals surface area contributed by atoms with E-state index in [-0.39, 0.29) is 17.3 Å². The molecule has 2 aliphatic carbocycles. The zero-order chi connectivity index (χ0) is 11.2. The highest BCUT2D eigenvalue weighted by atomic mass is 79.9. The summed E-state index contributed by atoms with van der Waals surface area (Å²) in [5.74, 6) is 0. The summed E-state index contributed by atoms with van der Waals surface area (Å²) in [6.07, 6.45) is 0. The van der Waals surface area contributed by atoms with E-state index in [0.717, 1.165) is 0 Å². The molecule has 0 heterocycles. The van der Waals surface area contributed by atoms with Crippen LogP contribution in [-0.2, 0) is 0 Å². The van der Waals surface area contributed by atoms with Gasteiger partial charge >= 0.3 is 0 Å². The molecule has 0 unspecified atom stereocenters. The van der Waals surface area contributed by atoms with Gasteiger partial charge in [0.05, 0.1) is 0 Å². The fourth-order valence-electron chi connectivity index (χ4n) is 2.07. The van der Waals surface area contributed by atoms with Crippen molar-refractivity contribution in [2.75, 3.05) is 0 Å². The first-order chi connectivity index (χ1) is 5.99. The molecule has 0 N–H and O–H groups in total. The van der Waals surface area contributed by atoms with Crippen molar-refractivity contribution in [1.82, 2.24) is 0 Å². The van der Waals surface area contributed by atoms with E-state index in [1.165, 1.54) is 11.1 Å². The van der Waals surface area contributed by atoms with Crippen molar-refractivity contribution in [3.8, 4) is 0 Å². The van der Waals surface area contributed by atoms with E-state index in [9.17, 15) is 0 Å². The predicted molar refractivity (Wildman–Crippen MR) is 75.8 cm³/mol. The zero-order valence-electron chi connectivity index (χ0n) is 8.51. The Labute approximate surface area is 119 Å². The second-order valence-corrected chi connectivity index (χ2v) is 12.0. The zero-order valence-corrected chi connectivity index (χ0v) is 14.9. The van der Waals surface area contributed by atoms with Crippen LogP contribution in [0.2, 0.25) is 0 Å². The number of hydrogen-bond acceptors (Lipinski definition) is 0. The molecule has 2 aliphatic rings. The van der Waals surface area contributed by atoms with Gasteiger partial charge in [-0.1, -0.05) is 91.4 Å². The van der Waals surface area contributed by atoms with Crippen LogP contribution in [0.1, 0.15) is 27.7 Å². The highest BCUT2D eigenvalue weighted by Crippen LogP contribution is 2.82. The average Bonchev–Trinajstić information content (AvgIpc) is 2.46. The molecular formula is C10H12Br4. The predicted octanol–water partition coefficient (Wildman–Crippen LogP) is 5.33. The summed E-state index contributed by atoms with van der Waals surface area (Å²) in [7, 11) is 0. The van der Waals surface area contributed by atoms with Gasteiger partial charge in [0.15, 0.2) is 0 Å². The maximum absolute atomic E-state index is 3.74. The maximum Gasteiger partial charge on any atom is 0.111 e. The highest BCUT2D eigenvalue weighted by Gasteiger charge is 2.75. The largest absolute Gasteiger partial charge is 0.111 e. The SMILES string of the molecule is CC1(C)/C(=C2/C(C)(C)C2(Br)Br)C1(Br)Br. The minimum absolute atomic E-state index is 0.00287. The van der Waals surface area contributed by atoms with E-state index < -0.39 is 0 Å². The van der Waals surface area contributed by atoms with Gasteiger partial charge < -0.3 is 0 Å². The van der Waals surface area contributed by atoms with Crippen molar-refractivity contribution >= 4 is 63.7 Å². The second kappa shape index (κ2) is 2.73. The van der Waals surface area contributed by atoms with E-state index in [0.29, 0.717) is 0 Å². The van der Waals surface area contributed by atoms with Gasteiger partial charge in [0.2, 0.25) is 0 Å². The number of rotatable bonds is 0. The summed E-state index contributed by atoms with van der Waals surface area (Å²) in [4.78, 5) is 0. The van der Waals surface area contributed by atoms with E-state index in [2.05, 4.69) is 91.4 Å². The maximum atomic E-state index is 3.74. The topological polar surface area (TPSA) is 0 Å². The molecule has 0 aliphatic heterocycles. The molecule has 0 spiro atoms. The Kier molecular flexibility index (Phi) is 2.36. The Balaban J connectivity index is 2.51. The van der Waals surface area contributed by atoms with Crippen molar-refractivity contribution < 1.29 is 0 Å². The van der Waals surface area contributed by atoms with Crippen LogP contribution < -0.4 is 0 Å². The summed E-state index contributed by atoms with van der Waals surface area (Å²) in [6, 6.07) is 0. The van der Waals surface area contributed by atoms with Crippen LogP contribution in [0, 0.1) is 10.8 Å². The lowest BCUT2D eigenvalue weighted by Gasteiger charge is -1.98. The number of alkyl halides is 4. The molecule has 14 heavy (non-hydrogen) atoms. The molecule has 2 fully saturated rings.